The Hall–Kier alpha value is -1.89. The monoisotopic (exact) mass is 352 g/mol. The van der Waals surface area contributed by atoms with Gasteiger partial charge >= 0.3 is 6.09 Å². The lowest BCUT2D eigenvalue weighted by atomic mass is 10.0. The fourth-order valence-electron chi connectivity index (χ4n) is 2.83. The van der Waals surface area contributed by atoms with Crippen molar-refractivity contribution < 1.29 is 18.5 Å². The first-order valence-electron chi connectivity index (χ1n) is 8.11. The molecule has 1 aliphatic heterocycles. The lowest BCUT2D eigenvalue weighted by molar-refractivity contribution is 0.0686. The molecule has 1 saturated heterocycles. The van der Waals surface area contributed by atoms with Crippen LogP contribution >= 0.6 is 0 Å². The Morgan fingerprint density at radius 3 is 2.92 bits per heavy atom. The summed E-state index contributed by atoms with van der Waals surface area (Å²) in [5.74, 6) is 0.378. The third-order valence-corrected chi connectivity index (χ3v) is 4.59. The van der Waals surface area contributed by atoms with Crippen molar-refractivity contribution in [2.45, 2.75) is 31.6 Å². The van der Waals surface area contributed by atoms with Crippen molar-refractivity contribution in [3.8, 4) is 0 Å². The highest BCUT2D eigenvalue weighted by Gasteiger charge is 2.25. The summed E-state index contributed by atoms with van der Waals surface area (Å²) in [6.45, 7) is 3.23. The van der Waals surface area contributed by atoms with Crippen LogP contribution in [-0.2, 0) is 21.3 Å². The van der Waals surface area contributed by atoms with Gasteiger partial charge < -0.3 is 15.0 Å². The van der Waals surface area contributed by atoms with E-state index in [2.05, 4.69) is 5.32 Å². The number of hydrogen-bond donors (Lipinski definition) is 1. The molecule has 0 saturated carbocycles. The molecule has 2 atom stereocenters. The third kappa shape index (κ3) is 5.33. The summed E-state index contributed by atoms with van der Waals surface area (Å²) in [4.78, 5) is 26.0. The van der Waals surface area contributed by atoms with Crippen molar-refractivity contribution in [2.24, 2.45) is 0 Å². The molecule has 0 spiro atoms. The fraction of sp³-hybridized carbons (Fsp3) is 0.529. The van der Waals surface area contributed by atoms with Crippen molar-refractivity contribution in [1.82, 2.24) is 10.2 Å². The van der Waals surface area contributed by atoms with E-state index in [4.69, 9.17) is 4.74 Å². The molecule has 1 aromatic carbocycles. The Kier molecular flexibility index (Phi) is 6.78. The van der Waals surface area contributed by atoms with Crippen molar-refractivity contribution in [1.29, 1.82) is 0 Å². The van der Waals surface area contributed by atoms with E-state index in [1.165, 1.54) is 0 Å². The van der Waals surface area contributed by atoms with Gasteiger partial charge in [0.15, 0.2) is 0 Å². The molecule has 7 heteroatoms. The Morgan fingerprint density at radius 1 is 1.42 bits per heavy atom. The lowest BCUT2D eigenvalue weighted by Gasteiger charge is -2.33. The number of hydrogen-bond acceptors (Lipinski definition) is 4. The molecule has 2 amide bonds. The average molecular weight is 352 g/mol. The molecule has 1 aliphatic rings. The minimum absolute atomic E-state index is 0.0610. The highest BCUT2D eigenvalue weighted by atomic mass is 32.2. The summed E-state index contributed by atoms with van der Waals surface area (Å²) in [5, 5.41) is 2.80. The van der Waals surface area contributed by atoms with Crippen LogP contribution in [0.3, 0.4) is 0 Å². The van der Waals surface area contributed by atoms with E-state index < -0.39 is 16.9 Å². The van der Waals surface area contributed by atoms with Crippen molar-refractivity contribution in [2.75, 3.05) is 26.0 Å². The Bertz CT molecular complexity index is 620. The van der Waals surface area contributed by atoms with Gasteiger partial charge in [-0.25, -0.2) is 4.79 Å². The van der Waals surface area contributed by atoms with Gasteiger partial charge in [-0.15, -0.1) is 0 Å². The van der Waals surface area contributed by atoms with E-state index >= 15 is 0 Å². The first-order chi connectivity index (χ1) is 11.5. The molecule has 1 N–H and O–H groups in total. The molecule has 0 aromatic heterocycles. The second-order valence-corrected chi connectivity index (χ2v) is 7.31. The maximum atomic E-state index is 12.7. The van der Waals surface area contributed by atoms with E-state index in [9.17, 15) is 13.8 Å². The van der Waals surface area contributed by atoms with Crippen LogP contribution in [0, 0.1) is 0 Å². The van der Waals surface area contributed by atoms with Crippen molar-refractivity contribution in [3.63, 3.8) is 0 Å². The molecule has 6 nitrogen and oxygen atoms in total. The van der Waals surface area contributed by atoms with Gasteiger partial charge in [0.2, 0.25) is 0 Å². The number of amides is 2. The van der Waals surface area contributed by atoms with Crippen LogP contribution in [0.1, 0.15) is 35.7 Å². The summed E-state index contributed by atoms with van der Waals surface area (Å²) in [5.41, 5.74) is 1.48. The van der Waals surface area contributed by atoms with E-state index in [1.54, 1.807) is 30.2 Å². The number of likely N-dealkylation sites (tertiary alicyclic amines) is 1. The molecule has 0 aliphatic carbocycles. The first-order valence-corrected chi connectivity index (χ1v) is 9.84. The molecule has 1 fully saturated rings. The minimum atomic E-state index is -0.944. The number of nitrogens with zero attached hydrogens (tertiary/aromatic N) is 1. The van der Waals surface area contributed by atoms with Gasteiger partial charge in [-0.2, -0.15) is 0 Å². The first kappa shape index (κ1) is 18.4. The normalized spacial score (nSPS) is 18.8. The molecule has 2 rings (SSSR count). The summed E-state index contributed by atoms with van der Waals surface area (Å²) < 4.78 is 16.3. The van der Waals surface area contributed by atoms with Crippen molar-refractivity contribution in [3.05, 3.63) is 35.4 Å². The van der Waals surface area contributed by atoms with Gasteiger partial charge in [0.1, 0.15) is 0 Å². The standard InChI is InChI=1S/C17H24N2O4S/c1-3-23-17(21)18-15-8-5-9-19(11-15)16(20)14-7-4-6-13(10-14)12-24(2)22/h4,6-7,10,15H,3,5,8-9,11-12H2,1-2H3,(H,18,21)/t15-,24+/m0/s1. The SMILES string of the molecule is CCOC(=O)N[C@H]1CCCN(C(=O)c2cccc(C[S@@](C)=O)c2)C1. The Morgan fingerprint density at radius 2 is 2.21 bits per heavy atom. The zero-order valence-corrected chi connectivity index (χ0v) is 14.9. The smallest absolute Gasteiger partial charge is 0.407 e. The predicted octanol–water partition coefficient (Wildman–Crippen LogP) is 1.92. The molecule has 0 bridgehead atoms. The molecular weight excluding hydrogens is 328 g/mol. The molecule has 132 valence electrons. The molecular formula is C17H24N2O4S. The number of alkyl carbamates (subject to hydrolysis) is 1. The number of benzene rings is 1. The average Bonchev–Trinajstić information content (AvgIpc) is 2.54. The van der Waals surface area contributed by atoms with Gasteiger partial charge in [0.25, 0.3) is 5.91 Å². The van der Waals surface area contributed by atoms with E-state index in [1.807, 2.05) is 12.1 Å². The van der Waals surface area contributed by atoms with Gasteiger partial charge in [-0.3, -0.25) is 9.00 Å². The quantitative estimate of drug-likeness (QED) is 0.878. The molecule has 0 radical (unpaired) electrons. The summed E-state index contributed by atoms with van der Waals surface area (Å²) >= 11 is 0. The highest BCUT2D eigenvalue weighted by Crippen LogP contribution is 2.16. The zero-order chi connectivity index (χ0) is 17.5. The molecule has 0 unspecified atom stereocenters. The Balaban J connectivity index is 2.01. The fourth-order valence-corrected chi connectivity index (χ4v) is 3.48. The second kappa shape index (κ2) is 8.82. The van der Waals surface area contributed by atoms with E-state index in [0.717, 1.165) is 18.4 Å². The number of nitrogens with one attached hydrogen (secondary N) is 1. The largest absolute Gasteiger partial charge is 0.450 e. The number of carbonyl (C=O) groups is 2. The molecule has 1 heterocycles. The van der Waals surface area contributed by atoms with Gasteiger partial charge in [-0.1, -0.05) is 12.1 Å². The van der Waals surface area contributed by atoms with E-state index in [-0.39, 0.29) is 11.9 Å². The number of piperidine rings is 1. The van der Waals surface area contributed by atoms with Crippen LogP contribution in [0.15, 0.2) is 24.3 Å². The minimum Gasteiger partial charge on any atom is -0.450 e. The number of carbonyl (C=O) groups excluding carboxylic acids is 2. The zero-order valence-electron chi connectivity index (χ0n) is 14.1. The summed E-state index contributed by atoms with van der Waals surface area (Å²) in [7, 11) is -0.944. The topological polar surface area (TPSA) is 75.7 Å². The van der Waals surface area contributed by atoms with E-state index in [0.29, 0.717) is 31.0 Å². The highest BCUT2D eigenvalue weighted by molar-refractivity contribution is 7.83. The van der Waals surface area contributed by atoms with Crippen molar-refractivity contribution >= 4 is 22.8 Å². The molecule has 24 heavy (non-hydrogen) atoms. The van der Waals surface area contributed by atoms with Gasteiger partial charge in [0, 0.05) is 47.5 Å². The van der Waals surface area contributed by atoms with Crippen LogP contribution in [0.4, 0.5) is 4.79 Å². The van der Waals surface area contributed by atoms with Crippen LogP contribution < -0.4 is 5.32 Å². The predicted molar refractivity (Wildman–Crippen MR) is 93.3 cm³/mol. The molecule has 1 aromatic rings. The maximum absolute atomic E-state index is 12.7. The summed E-state index contributed by atoms with van der Waals surface area (Å²) in [6, 6.07) is 7.17. The van der Waals surface area contributed by atoms with Crippen LogP contribution in [0.2, 0.25) is 0 Å². The number of ether oxygens (including phenoxy) is 1. The van der Waals surface area contributed by atoms with Gasteiger partial charge in [0.05, 0.1) is 6.61 Å². The number of rotatable bonds is 5. The third-order valence-electron chi connectivity index (χ3n) is 3.85. The van der Waals surface area contributed by atoms with Crippen LogP contribution in [0.25, 0.3) is 0 Å². The second-order valence-electron chi connectivity index (χ2n) is 5.87. The van der Waals surface area contributed by atoms with Gasteiger partial charge in [-0.05, 0) is 37.5 Å². The maximum Gasteiger partial charge on any atom is 0.407 e. The summed E-state index contributed by atoms with van der Waals surface area (Å²) in [6.07, 6.45) is 2.87. The van der Waals surface area contributed by atoms with Crippen LogP contribution in [-0.4, -0.2) is 53.1 Å². The van der Waals surface area contributed by atoms with Crippen LogP contribution in [0.5, 0.6) is 0 Å². The Labute approximate surface area is 145 Å². The lowest BCUT2D eigenvalue weighted by Crippen LogP contribution is -2.49.